The Bertz CT molecular complexity index is 509. The quantitative estimate of drug-likeness (QED) is 0.769. The third-order valence-electron chi connectivity index (χ3n) is 2.74. The SMILES string of the molecule is CNS(=O)(=O)c1ccc(N)c(OCC2CC2)c1. The zero-order valence-electron chi connectivity index (χ0n) is 9.64. The van der Waals surface area contributed by atoms with Crippen LogP contribution in [0.1, 0.15) is 12.8 Å². The van der Waals surface area contributed by atoms with Crippen LogP contribution in [-0.2, 0) is 10.0 Å². The number of nitrogen functional groups attached to an aromatic ring is 1. The standard InChI is InChI=1S/C11H16N2O3S/c1-13-17(14,15)9-4-5-10(12)11(6-9)16-7-8-2-3-8/h4-6,8,13H,2-3,7,12H2,1H3. The fourth-order valence-corrected chi connectivity index (χ4v) is 2.16. The van der Waals surface area contributed by atoms with Gasteiger partial charge in [0.1, 0.15) is 5.75 Å². The van der Waals surface area contributed by atoms with Gasteiger partial charge in [-0.05, 0) is 37.9 Å². The lowest BCUT2D eigenvalue weighted by atomic mass is 10.3. The van der Waals surface area contributed by atoms with Gasteiger partial charge in [0.05, 0.1) is 17.2 Å². The van der Waals surface area contributed by atoms with Crippen molar-refractivity contribution < 1.29 is 13.2 Å². The molecule has 2 rings (SSSR count). The molecule has 0 unspecified atom stereocenters. The van der Waals surface area contributed by atoms with Crippen molar-refractivity contribution in [3.05, 3.63) is 18.2 Å². The second-order valence-electron chi connectivity index (χ2n) is 4.16. The van der Waals surface area contributed by atoms with E-state index in [-0.39, 0.29) is 4.90 Å². The van der Waals surface area contributed by atoms with Crippen LogP contribution in [0.15, 0.2) is 23.1 Å². The maximum Gasteiger partial charge on any atom is 0.240 e. The molecule has 0 aromatic heterocycles. The van der Waals surface area contributed by atoms with Crippen LogP contribution in [0.2, 0.25) is 0 Å². The molecule has 0 bridgehead atoms. The lowest BCUT2D eigenvalue weighted by Crippen LogP contribution is -2.18. The van der Waals surface area contributed by atoms with Gasteiger partial charge in [0.15, 0.2) is 0 Å². The second kappa shape index (κ2) is 4.54. The molecule has 1 aliphatic carbocycles. The average Bonchev–Trinajstić information content (AvgIpc) is 3.11. The summed E-state index contributed by atoms with van der Waals surface area (Å²) < 4.78 is 31.0. The molecular weight excluding hydrogens is 240 g/mol. The highest BCUT2D eigenvalue weighted by molar-refractivity contribution is 7.89. The molecule has 1 aliphatic rings. The Morgan fingerprint density at radius 3 is 2.76 bits per heavy atom. The van der Waals surface area contributed by atoms with Crippen molar-refractivity contribution in [2.45, 2.75) is 17.7 Å². The first-order valence-electron chi connectivity index (χ1n) is 5.49. The Morgan fingerprint density at radius 1 is 1.47 bits per heavy atom. The fourth-order valence-electron chi connectivity index (χ4n) is 1.42. The third-order valence-corrected chi connectivity index (χ3v) is 4.15. The molecule has 0 radical (unpaired) electrons. The van der Waals surface area contributed by atoms with E-state index in [1.54, 1.807) is 6.07 Å². The van der Waals surface area contributed by atoms with Crippen LogP contribution in [0, 0.1) is 5.92 Å². The molecule has 6 heteroatoms. The Morgan fingerprint density at radius 2 is 2.18 bits per heavy atom. The number of benzene rings is 1. The Kier molecular flexibility index (Phi) is 3.26. The van der Waals surface area contributed by atoms with E-state index >= 15 is 0 Å². The maximum absolute atomic E-state index is 11.6. The Balaban J connectivity index is 2.21. The van der Waals surface area contributed by atoms with E-state index in [1.807, 2.05) is 0 Å². The molecule has 0 spiro atoms. The molecular formula is C11H16N2O3S. The molecule has 1 saturated carbocycles. The zero-order chi connectivity index (χ0) is 12.5. The van der Waals surface area contributed by atoms with Gasteiger partial charge in [0, 0.05) is 6.07 Å². The van der Waals surface area contributed by atoms with Gasteiger partial charge >= 0.3 is 0 Å². The molecule has 17 heavy (non-hydrogen) atoms. The van der Waals surface area contributed by atoms with Gasteiger partial charge in [-0.3, -0.25) is 0 Å². The number of nitrogens with two attached hydrogens (primary N) is 1. The van der Waals surface area contributed by atoms with Crippen molar-refractivity contribution in [2.24, 2.45) is 5.92 Å². The summed E-state index contributed by atoms with van der Waals surface area (Å²) in [5.41, 5.74) is 6.20. The van der Waals surface area contributed by atoms with Crippen LogP contribution < -0.4 is 15.2 Å². The fraction of sp³-hybridized carbons (Fsp3) is 0.455. The zero-order valence-corrected chi connectivity index (χ0v) is 10.5. The molecule has 1 aromatic carbocycles. The van der Waals surface area contributed by atoms with Crippen molar-refractivity contribution in [1.29, 1.82) is 0 Å². The van der Waals surface area contributed by atoms with E-state index in [4.69, 9.17) is 10.5 Å². The highest BCUT2D eigenvalue weighted by atomic mass is 32.2. The number of hydrogen-bond acceptors (Lipinski definition) is 4. The van der Waals surface area contributed by atoms with Gasteiger partial charge in [-0.2, -0.15) is 0 Å². The summed E-state index contributed by atoms with van der Waals surface area (Å²) in [7, 11) is -2.07. The minimum absolute atomic E-state index is 0.167. The van der Waals surface area contributed by atoms with E-state index in [1.165, 1.54) is 32.0 Å². The molecule has 0 atom stereocenters. The predicted octanol–water partition coefficient (Wildman–Crippen LogP) is 0.966. The van der Waals surface area contributed by atoms with Crippen molar-refractivity contribution >= 4 is 15.7 Å². The van der Waals surface area contributed by atoms with Gasteiger partial charge in [0.2, 0.25) is 10.0 Å². The van der Waals surface area contributed by atoms with Gasteiger partial charge in [0.25, 0.3) is 0 Å². The van der Waals surface area contributed by atoms with Crippen LogP contribution in [0.25, 0.3) is 0 Å². The van der Waals surface area contributed by atoms with Crippen LogP contribution in [0.3, 0.4) is 0 Å². The second-order valence-corrected chi connectivity index (χ2v) is 6.05. The summed E-state index contributed by atoms with van der Waals surface area (Å²) in [4.78, 5) is 0.167. The van der Waals surface area contributed by atoms with E-state index in [0.717, 1.165) is 0 Å². The molecule has 5 nitrogen and oxygen atoms in total. The molecule has 3 N–H and O–H groups in total. The molecule has 1 fully saturated rings. The van der Waals surface area contributed by atoms with E-state index in [9.17, 15) is 8.42 Å². The number of rotatable bonds is 5. The number of nitrogens with one attached hydrogen (secondary N) is 1. The summed E-state index contributed by atoms with van der Waals surface area (Å²) in [6.45, 7) is 0.604. The van der Waals surface area contributed by atoms with Gasteiger partial charge in [-0.15, -0.1) is 0 Å². The minimum Gasteiger partial charge on any atom is -0.491 e. The summed E-state index contributed by atoms with van der Waals surface area (Å²) in [6, 6.07) is 4.47. The average molecular weight is 256 g/mol. The molecule has 0 saturated heterocycles. The molecule has 1 aromatic rings. The largest absolute Gasteiger partial charge is 0.491 e. The highest BCUT2D eigenvalue weighted by Crippen LogP contribution is 2.31. The normalized spacial score (nSPS) is 15.8. The predicted molar refractivity (Wildman–Crippen MR) is 65.3 cm³/mol. The first-order chi connectivity index (χ1) is 8.03. The van der Waals surface area contributed by atoms with Crippen LogP contribution in [0.5, 0.6) is 5.75 Å². The third kappa shape index (κ3) is 2.89. The maximum atomic E-state index is 11.6. The summed E-state index contributed by atoms with van der Waals surface area (Å²) in [5, 5.41) is 0. The Hall–Kier alpha value is -1.27. The Labute approximate surface area is 101 Å². The topological polar surface area (TPSA) is 81.4 Å². The van der Waals surface area contributed by atoms with Crippen LogP contribution >= 0.6 is 0 Å². The van der Waals surface area contributed by atoms with Crippen LogP contribution in [-0.4, -0.2) is 22.1 Å². The van der Waals surface area contributed by atoms with E-state index < -0.39 is 10.0 Å². The van der Waals surface area contributed by atoms with Gasteiger partial charge in [-0.25, -0.2) is 13.1 Å². The number of hydrogen-bond donors (Lipinski definition) is 2. The monoisotopic (exact) mass is 256 g/mol. The smallest absolute Gasteiger partial charge is 0.240 e. The molecule has 0 amide bonds. The van der Waals surface area contributed by atoms with E-state index in [2.05, 4.69) is 4.72 Å². The number of anilines is 1. The van der Waals surface area contributed by atoms with Gasteiger partial charge in [-0.1, -0.05) is 0 Å². The van der Waals surface area contributed by atoms with Crippen LogP contribution in [0.4, 0.5) is 5.69 Å². The number of sulfonamides is 1. The van der Waals surface area contributed by atoms with Crippen molar-refractivity contribution in [3.63, 3.8) is 0 Å². The number of ether oxygens (including phenoxy) is 1. The van der Waals surface area contributed by atoms with Crippen molar-refractivity contribution in [2.75, 3.05) is 19.4 Å². The van der Waals surface area contributed by atoms with Crippen molar-refractivity contribution in [1.82, 2.24) is 4.72 Å². The summed E-state index contributed by atoms with van der Waals surface area (Å²) in [6.07, 6.45) is 2.35. The lowest BCUT2D eigenvalue weighted by Gasteiger charge is -2.10. The minimum atomic E-state index is -3.45. The summed E-state index contributed by atoms with van der Waals surface area (Å²) in [5.74, 6) is 1.03. The van der Waals surface area contributed by atoms with E-state index in [0.29, 0.717) is 24.0 Å². The molecule has 0 heterocycles. The highest BCUT2D eigenvalue weighted by Gasteiger charge is 2.22. The first-order valence-corrected chi connectivity index (χ1v) is 6.97. The lowest BCUT2D eigenvalue weighted by molar-refractivity contribution is 0.300. The molecule has 94 valence electrons. The first kappa shape index (κ1) is 12.2. The molecule has 0 aliphatic heterocycles. The van der Waals surface area contributed by atoms with Gasteiger partial charge < -0.3 is 10.5 Å². The van der Waals surface area contributed by atoms with Crippen molar-refractivity contribution in [3.8, 4) is 5.75 Å². The summed E-state index contributed by atoms with van der Waals surface area (Å²) >= 11 is 0.